The van der Waals surface area contributed by atoms with E-state index >= 15 is 0 Å². The summed E-state index contributed by atoms with van der Waals surface area (Å²) in [7, 11) is 0. The zero-order valence-electron chi connectivity index (χ0n) is 20.7. The normalized spacial score (nSPS) is 12.8. The van der Waals surface area contributed by atoms with Crippen molar-refractivity contribution in [3.05, 3.63) is 96.1 Å². The van der Waals surface area contributed by atoms with Gasteiger partial charge in [0.2, 0.25) is 17.2 Å². The van der Waals surface area contributed by atoms with E-state index in [0.29, 0.717) is 22.5 Å². The Bertz CT molecular complexity index is 1750. The van der Waals surface area contributed by atoms with Gasteiger partial charge in [-0.05, 0) is 83.9 Å². The van der Waals surface area contributed by atoms with Gasteiger partial charge in [0.25, 0.3) is 0 Å². The average molecular weight is 568 g/mol. The molecule has 4 N–H and O–H groups in total. The summed E-state index contributed by atoms with van der Waals surface area (Å²) in [6.07, 6.45) is -11.6. The van der Waals surface area contributed by atoms with Gasteiger partial charge in [0.15, 0.2) is 11.2 Å². The number of oxazole rings is 2. The summed E-state index contributed by atoms with van der Waals surface area (Å²) in [6.45, 7) is 0. The average Bonchev–Trinajstić information content (AvgIpc) is 3.52. The molecule has 0 unspecified atom stereocenters. The number of hydrogen-bond acceptors (Lipinski definition) is 6. The first kappa shape index (κ1) is 26.2. The van der Waals surface area contributed by atoms with Gasteiger partial charge in [-0.3, -0.25) is 0 Å². The molecule has 208 valence electrons. The van der Waals surface area contributed by atoms with Gasteiger partial charge in [0.05, 0.1) is 0 Å². The number of rotatable bonds is 4. The fraction of sp³-hybridized carbons (Fsp3) is 0.103. The lowest BCUT2D eigenvalue weighted by Crippen LogP contribution is -2.54. The second kappa shape index (κ2) is 9.01. The van der Waals surface area contributed by atoms with Crippen molar-refractivity contribution in [2.75, 3.05) is 11.5 Å². The molecule has 4 aromatic carbocycles. The monoisotopic (exact) mass is 568 g/mol. The molecule has 0 atom stereocenters. The molecule has 0 radical (unpaired) electrons. The number of halogens is 6. The topological polar surface area (TPSA) is 104 Å². The number of hydrogen-bond donors (Lipinski definition) is 2. The fourth-order valence-corrected chi connectivity index (χ4v) is 4.80. The Morgan fingerprint density at radius 1 is 0.512 bits per heavy atom. The SMILES string of the molecule is Nc1ccc(-c2nc3cc(C(c4ccc5oc(-c6ccc(N)cc6)nc5c4)(C(F)(F)F)C(F)(F)F)ccc3o2)cc1. The summed E-state index contributed by atoms with van der Waals surface area (Å²) in [5, 5.41) is 0. The van der Waals surface area contributed by atoms with Crippen molar-refractivity contribution >= 4 is 33.6 Å². The summed E-state index contributed by atoms with van der Waals surface area (Å²) >= 11 is 0. The third kappa shape index (κ3) is 4.22. The molecule has 0 spiro atoms. The molecule has 6 nitrogen and oxygen atoms in total. The van der Waals surface area contributed by atoms with Crippen LogP contribution in [0.3, 0.4) is 0 Å². The second-order valence-corrected chi connectivity index (χ2v) is 9.39. The molecule has 41 heavy (non-hydrogen) atoms. The van der Waals surface area contributed by atoms with Crippen molar-refractivity contribution < 1.29 is 35.2 Å². The van der Waals surface area contributed by atoms with Crippen molar-refractivity contribution in [1.82, 2.24) is 9.97 Å². The van der Waals surface area contributed by atoms with Gasteiger partial charge in [-0.1, -0.05) is 12.1 Å². The van der Waals surface area contributed by atoms with E-state index < -0.39 is 28.9 Å². The Kier molecular flexibility index (Phi) is 5.77. The summed E-state index contributed by atoms with van der Waals surface area (Å²) in [5.74, 6) is 0.0296. The molecule has 6 aromatic rings. The molecule has 2 heterocycles. The first-order chi connectivity index (χ1) is 19.4. The Labute approximate surface area is 227 Å². The molecule has 12 heteroatoms. The van der Waals surface area contributed by atoms with Crippen LogP contribution in [0.5, 0.6) is 0 Å². The highest BCUT2D eigenvalue weighted by atomic mass is 19.4. The van der Waals surface area contributed by atoms with Crippen molar-refractivity contribution in [1.29, 1.82) is 0 Å². The minimum absolute atomic E-state index is 0.0129. The van der Waals surface area contributed by atoms with Gasteiger partial charge < -0.3 is 20.3 Å². The van der Waals surface area contributed by atoms with Gasteiger partial charge in [-0.15, -0.1) is 0 Å². The van der Waals surface area contributed by atoms with Gasteiger partial charge in [-0.25, -0.2) is 9.97 Å². The first-order valence-corrected chi connectivity index (χ1v) is 12.0. The van der Waals surface area contributed by atoms with Crippen LogP contribution < -0.4 is 11.5 Å². The van der Waals surface area contributed by atoms with Gasteiger partial charge in [0.1, 0.15) is 11.0 Å². The van der Waals surface area contributed by atoms with E-state index in [1.807, 2.05) is 0 Å². The Morgan fingerprint density at radius 2 is 0.878 bits per heavy atom. The maximum absolute atomic E-state index is 14.8. The summed E-state index contributed by atoms with van der Waals surface area (Å²) in [5.41, 5.74) is 6.25. The van der Waals surface area contributed by atoms with Crippen LogP contribution in [0.2, 0.25) is 0 Å². The maximum atomic E-state index is 14.8. The molecule has 0 bridgehead atoms. The number of benzene rings is 4. The summed E-state index contributed by atoms with van der Waals surface area (Å²) < 4.78 is 100. The van der Waals surface area contributed by atoms with Gasteiger partial charge in [0, 0.05) is 22.5 Å². The minimum Gasteiger partial charge on any atom is -0.436 e. The number of nitrogens with two attached hydrogens (primary N) is 2. The lowest BCUT2D eigenvalue weighted by molar-refractivity contribution is -0.288. The van der Waals surface area contributed by atoms with Gasteiger partial charge in [-0.2, -0.15) is 26.3 Å². The van der Waals surface area contributed by atoms with E-state index in [4.69, 9.17) is 20.3 Å². The number of fused-ring (bicyclic) bond motifs is 2. The smallest absolute Gasteiger partial charge is 0.411 e. The third-order valence-electron chi connectivity index (χ3n) is 6.81. The van der Waals surface area contributed by atoms with Crippen LogP contribution in [-0.4, -0.2) is 22.3 Å². The molecular formula is C29H18F6N4O2. The molecule has 0 fully saturated rings. The Morgan fingerprint density at radius 3 is 1.22 bits per heavy atom. The van der Waals surface area contributed by atoms with Crippen LogP contribution in [0, 0.1) is 0 Å². The molecule has 0 saturated carbocycles. The second-order valence-electron chi connectivity index (χ2n) is 9.39. The highest BCUT2D eigenvalue weighted by Crippen LogP contribution is 2.56. The lowest BCUT2D eigenvalue weighted by Gasteiger charge is -2.38. The molecule has 6 rings (SSSR count). The van der Waals surface area contributed by atoms with Crippen molar-refractivity contribution in [3.63, 3.8) is 0 Å². The molecule has 2 aromatic heterocycles. The van der Waals surface area contributed by atoms with E-state index in [9.17, 15) is 26.3 Å². The third-order valence-corrected chi connectivity index (χ3v) is 6.81. The molecule has 0 amide bonds. The van der Waals surface area contributed by atoms with E-state index in [1.165, 1.54) is 0 Å². The lowest BCUT2D eigenvalue weighted by atomic mass is 9.72. The molecule has 0 aliphatic carbocycles. The number of anilines is 2. The predicted octanol–water partition coefficient (Wildman–Crippen LogP) is 7.88. The Hall–Kier alpha value is -5.00. The van der Waals surface area contributed by atoms with Crippen LogP contribution in [0.25, 0.3) is 45.1 Å². The Balaban J connectivity index is 1.53. The zero-order chi connectivity index (χ0) is 29.2. The standard InChI is InChI=1S/C29H18F6N4O2/c30-28(31,32)27(29(33,34)35,17-5-11-23-21(13-17)38-25(40-23)15-1-7-19(36)8-2-15)18-6-12-24-22(14-18)39-26(41-24)16-3-9-20(37)10-4-16/h1-14H,36-37H2. The van der Waals surface area contributed by atoms with Crippen LogP contribution in [0.15, 0.2) is 93.8 Å². The largest absolute Gasteiger partial charge is 0.436 e. The minimum atomic E-state index is -5.81. The molecule has 0 aliphatic rings. The highest BCUT2D eigenvalue weighted by Gasteiger charge is 2.72. The quantitative estimate of drug-likeness (QED) is 0.166. The number of nitrogens with zero attached hydrogens (tertiary/aromatic N) is 2. The molecule has 0 aliphatic heterocycles. The molecular weight excluding hydrogens is 550 g/mol. The summed E-state index contributed by atoms with van der Waals surface area (Å²) in [6, 6.07) is 17.6. The molecule has 0 saturated heterocycles. The van der Waals surface area contributed by atoms with Crippen LogP contribution >= 0.6 is 0 Å². The summed E-state index contributed by atoms with van der Waals surface area (Å²) in [4.78, 5) is 8.32. The van der Waals surface area contributed by atoms with Gasteiger partial charge >= 0.3 is 12.4 Å². The van der Waals surface area contributed by atoms with Crippen LogP contribution in [0.1, 0.15) is 11.1 Å². The van der Waals surface area contributed by atoms with E-state index in [1.54, 1.807) is 48.5 Å². The van der Waals surface area contributed by atoms with Crippen molar-refractivity contribution in [2.45, 2.75) is 17.8 Å². The van der Waals surface area contributed by atoms with E-state index in [2.05, 4.69) is 9.97 Å². The van der Waals surface area contributed by atoms with Crippen LogP contribution in [-0.2, 0) is 5.41 Å². The van der Waals surface area contributed by atoms with Crippen molar-refractivity contribution in [3.8, 4) is 22.9 Å². The van der Waals surface area contributed by atoms with E-state index in [-0.39, 0.29) is 34.0 Å². The number of aromatic nitrogens is 2. The number of nitrogen functional groups attached to an aromatic ring is 2. The maximum Gasteiger partial charge on any atom is 0.411 e. The number of alkyl halides is 6. The van der Waals surface area contributed by atoms with E-state index in [0.717, 1.165) is 36.4 Å². The highest BCUT2D eigenvalue weighted by molar-refractivity contribution is 5.80. The predicted molar refractivity (Wildman–Crippen MR) is 141 cm³/mol. The first-order valence-electron chi connectivity index (χ1n) is 12.0. The van der Waals surface area contributed by atoms with Crippen molar-refractivity contribution in [2.24, 2.45) is 0 Å². The van der Waals surface area contributed by atoms with Crippen LogP contribution in [0.4, 0.5) is 37.7 Å². The fourth-order valence-electron chi connectivity index (χ4n) is 4.80. The zero-order valence-corrected chi connectivity index (χ0v) is 20.7.